The Balaban J connectivity index is 1.75. The van der Waals surface area contributed by atoms with E-state index in [1.165, 1.54) is 11.5 Å². The largest absolute Gasteiger partial charge is 0.496 e. The van der Waals surface area contributed by atoms with E-state index in [4.69, 9.17) is 4.74 Å². The van der Waals surface area contributed by atoms with Crippen LogP contribution in [0.2, 0.25) is 0 Å². The number of methoxy groups -OCH3 is 1. The molecule has 1 aromatic carbocycles. The quantitative estimate of drug-likeness (QED) is 0.552. The van der Waals surface area contributed by atoms with Crippen molar-refractivity contribution in [2.75, 3.05) is 31.7 Å². The van der Waals surface area contributed by atoms with Crippen molar-refractivity contribution in [2.24, 2.45) is 0 Å². The second-order valence-electron chi connectivity index (χ2n) is 6.19. The van der Waals surface area contributed by atoms with Crippen LogP contribution in [0, 0.1) is 0 Å². The van der Waals surface area contributed by atoms with Crippen LogP contribution in [0.3, 0.4) is 0 Å². The molecule has 26 heavy (non-hydrogen) atoms. The molecule has 0 amide bonds. The number of ether oxygens (including phenoxy) is 1. The minimum atomic E-state index is -0.0326. The van der Waals surface area contributed by atoms with Gasteiger partial charge in [-0.3, -0.25) is 14.4 Å². The lowest BCUT2D eigenvalue weighted by atomic mass is 10.1. The lowest BCUT2D eigenvalue weighted by molar-refractivity contribution is 0.103. The summed E-state index contributed by atoms with van der Waals surface area (Å²) in [6.07, 6.45) is 5.14. The fraction of sp³-hybridized carbons (Fsp3) is 0.400. The van der Waals surface area contributed by atoms with Gasteiger partial charge < -0.3 is 4.74 Å². The van der Waals surface area contributed by atoms with Crippen LogP contribution in [0.4, 0.5) is 0 Å². The molecule has 0 atom stereocenters. The van der Waals surface area contributed by atoms with E-state index in [1.807, 2.05) is 36.9 Å². The number of carbonyl (C=O) groups excluding carboxylic acids is 1. The molecule has 1 aliphatic rings. The maximum absolute atomic E-state index is 12.4. The molecule has 2 aromatic rings. The molecule has 0 saturated carbocycles. The average Bonchev–Trinajstić information content (AvgIpc) is 3.16. The fourth-order valence-electron chi connectivity index (χ4n) is 3.08. The first-order valence-electron chi connectivity index (χ1n) is 8.92. The summed E-state index contributed by atoms with van der Waals surface area (Å²) in [7, 11) is 1.70. The van der Waals surface area contributed by atoms with Gasteiger partial charge in [-0.25, -0.2) is 0 Å². The molecule has 138 valence electrons. The zero-order valence-corrected chi connectivity index (χ0v) is 16.2. The molecular weight excluding hydrogens is 346 g/mol. The van der Waals surface area contributed by atoms with Gasteiger partial charge in [-0.05, 0) is 36.8 Å². The Morgan fingerprint density at radius 1 is 1.31 bits per heavy atom. The maximum Gasteiger partial charge on any atom is 0.203 e. The third-order valence-electron chi connectivity index (χ3n) is 4.50. The van der Waals surface area contributed by atoms with Gasteiger partial charge in [0, 0.05) is 49.4 Å². The Kier molecular flexibility index (Phi) is 6.52. The second kappa shape index (κ2) is 9.05. The van der Waals surface area contributed by atoms with Crippen molar-refractivity contribution < 1.29 is 9.53 Å². The van der Waals surface area contributed by atoms with Crippen molar-refractivity contribution in [3.05, 3.63) is 53.4 Å². The van der Waals surface area contributed by atoms with Gasteiger partial charge in [0.05, 0.1) is 7.11 Å². The van der Waals surface area contributed by atoms with E-state index in [1.54, 1.807) is 30.1 Å². The van der Waals surface area contributed by atoms with Gasteiger partial charge in [0.15, 0.2) is 0 Å². The Hall–Kier alpha value is -2.05. The Labute approximate surface area is 159 Å². The predicted octanol–water partition coefficient (Wildman–Crippen LogP) is 3.36. The monoisotopic (exact) mass is 371 g/mol. The lowest BCUT2D eigenvalue weighted by Gasteiger charge is -2.26. The van der Waals surface area contributed by atoms with Gasteiger partial charge in [-0.1, -0.05) is 12.1 Å². The van der Waals surface area contributed by atoms with E-state index in [0.717, 1.165) is 36.5 Å². The molecular formula is C20H25N3O2S. The fourth-order valence-corrected chi connectivity index (χ4v) is 4.06. The van der Waals surface area contributed by atoms with Gasteiger partial charge in [0.1, 0.15) is 11.4 Å². The molecule has 1 saturated heterocycles. The van der Waals surface area contributed by atoms with Gasteiger partial charge in [-0.2, -0.15) is 16.9 Å². The molecule has 6 heteroatoms. The highest BCUT2D eigenvalue weighted by molar-refractivity contribution is 7.99. The number of thioether (sulfide) groups is 1. The Bertz CT molecular complexity index is 779. The summed E-state index contributed by atoms with van der Waals surface area (Å²) in [4.78, 5) is 14.9. The van der Waals surface area contributed by atoms with Crippen LogP contribution in [0.25, 0.3) is 6.08 Å². The molecule has 1 aromatic heterocycles. The number of rotatable bonds is 7. The van der Waals surface area contributed by atoms with Crippen LogP contribution in [0.1, 0.15) is 28.5 Å². The maximum atomic E-state index is 12.4. The van der Waals surface area contributed by atoms with Crippen molar-refractivity contribution >= 4 is 23.6 Å². The minimum absolute atomic E-state index is 0.0326. The SMILES string of the molecule is CCn1nccc1C(=O)/C=C/c1ccc(OC)c(CN2CCSCC2)c1. The number of allylic oxidation sites excluding steroid dienone is 1. The van der Waals surface area contributed by atoms with E-state index in [0.29, 0.717) is 12.2 Å². The van der Waals surface area contributed by atoms with E-state index in [2.05, 4.69) is 16.1 Å². The molecule has 2 heterocycles. The standard InChI is InChI=1S/C20H25N3O2S/c1-3-23-18(8-9-21-23)19(24)6-4-16-5-7-20(25-2)17(14-16)15-22-10-12-26-13-11-22/h4-9,14H,3,10-13,15H2,1-2H3/b6-4+. The van der Waals surface area contributed by atoms with Gasteiger partial charge >= 0.3 is 0 Å². The highest BCUT2D eigenvalue weighted by Crippen LogP contribution is 2.24. The van der Waals surface area contributed by atoms with E-state index in [9.17, 15) is 4.79 Å². The molecule has 0 bridgehead atoms. The first-order valence-corrected chi connectivity index (χ1v) is 10.1. The number of aromatic nitrogens is 2. The molecule has 1 fully saturated rings. The smallest absolute Gasteiger partial charge is 0.203 e. The van der Waals surface area contributed by atoms with Crippen molar-refractivity contribution in [2.45, 2.75) is 20.0 Å². The second-order valence-corrected chi connectivity index (χ2v) is 7.41. The van der Waals surface area contributed by atoms with Gasteiger partial charge in [-0.15, -0.1) is 0 Å². The molecule has 0 aliphatic carbocycles. The number of ketones is 1. The zero-order chi connectivity index (χ0) is 18.4. The first-order chi connectivity index (χ1) is 12.7. The molecule has 0 spiro atoms. The Morgan fingerprint density at radius 2 is 2.12 bits per heavy atom. The lowest BCUT2D eigenvalue weighted by Crippen LogP contribution is -2.32. The molecule has 1 aliphatic heterocycles. The number of carbonyl (C=O) groups is 1. The van der Waals surface area contributed by atoms with Gasteiger partial charge in [0.2, 0.25) is 5.78 Å². The van der Waals surface area contributed by atoms with Crippen LogP contribution in [-0.4, -0.2) is 52.2 Å². The highest BCUT2D eigenvalue weighted by atomic mass is 32.2. The van der Waals surface area contributed by atoms with Crippen molar-refractivity contribution in [1.29, 1.82) is 0 Å². The normalized spacial score (nSPS) is 15.5. The van der Waals surface area contributed by atoms with Crippen molar-refractivity contribution in [3.8, 4) is 5.75 Å². The number of benzene rings is 1. The summed E-state index contributed by atoms with van der Waals surface area (Å²) in [5, 5.41) is 4.15. The van der Waals surface area contributed by atoms with Crippen LogP contribution in [0.15, 0.2) is 36.5 Å². The van der Waals surface area contributed by atoms with Crippen LogP contribution >= 0.6 is 11.8 Å². The first kappa shape index (κ1) is 18.7. The Morgan fingerprint density at radius 3 is 2.85 bits per heavy atom. The van der Waals surface area contributed by atoms with E-state index < -0.39 is 0 Å². The summed E-state index contributed by atoms with van der Waals surface area (Å²) in [5.74, 6) is 3.23. The van der Waals surface area contributed by atoms with Crippen LogP contribution < -0.4 is 4.74 Å². The van der Waals surface area contributed by atoms with Crippen LogP contribution in [-0.2, 0) is 13.1 Å². The minimum Gasteiger partial charge on any atom is -0.496 e. The van der Waals surface area contributed by atoms with E-state index in [-0.39, 0.29) is 5.78 Å². The predicted molar refractivity (Wildman–Crippen MR) is 107 cm³/mol. The third-order valence-corrected chi connectivity index (χ3v) is 5.44. The average molecular weight is 372 g/mol. The van der Waals surface area contributed by atoms with Gasteiger partial charge in [0.25, 0.3) is 0 Å². The number of aryl methyl sites for hydroxylation is 1. The van der Waals surface area contributed by atoms with E-state index >= 15 is 0 Å². The highest BCUT2D eigenvalue weighted by Gasteiger charge is 2.14. The summed E-state index contributed by atoms with van der Waals surface area (Å²) in [5.41, 5.74) is 2.78. The molecule has 5 nitrogen and oxygen atoms in total. The number of hydrogen-bond donors (Lipinski definition) is 0. The van der Waals surface area contributed by atoms with Crippen molar-refractivity contribution in [1.82, 2.24) is 14.7 Å². The molecule has 3 rings (SSSR count). The van der Waals surface area contributed by atoms with Crippen LogP contribution in [0.5, 0.6) is 5.75 Å². The molecule has 0 N–H and O–H groups in total. The molecule has 0 unspecified atom stereocenters. The molecule has 0 radical (unpaired) electrons. The van der Waals surface area contributed by atoms with Crippen molar-refractivity contribution in [3.63, 3.8) is 0 Å². The summed E-state index contributed by atoms with van der Waals surface area (Å²) in [6, 6.07) is 7.83. The topological polar surface area (TPSA) is 47.4 Å². The summed E-state index contributed by atoms with van der Waals surface area (Å²) >= 11 is 2.01. The summed E-state index contributed by atoms with van der Waals surface area (Å²) in [6.45, 7) is 5.74. The number of hydrogen-bond acceptors (Lipinski definition) is 5. The zero-order valence-electron chi connectivity index (χ0n) is 15.4. The summed E-state index contributed by atoms with van der Waals surface area (Å²) < 4.78 is 7.23. The third kappa shape index (κ3) is 4.56. The number of nitrogens with zero attached hydrogens (tertiary/aromatic N) is 3.